The van der Waals surface area contributed by atoms with E-state index < -0.39 is 0 Å². The molecule has 1 aromatic rings. The molecule has 1 fully saturated rings. The molecule has 1 aliphatic heterocycles. The summed E-state index contributed by atoms with van der Waals surface area (Å²) < 4.78 is 5.13. The Labute approximate surface area is 117 Å². The highest BCUT2D eigenvalue weighted by Gasteiger charge is 2.43. The first-order valence-electron chi connectivity index (χ1n) is 6.95. The summed E-state index contributed by atoms with van der Waals surface area (Å²) >= 11 is 0. The van der Waals surface area contributed by atoms with Crippen LogP contribution in [0.1, 0.15) is 12.8 Å². The van der Waals surface area contributed by atoms with Gasteiger partial charge in [-0.15, -0.1) is 0 Å². The van der Waals surface area contributed by atoms with E-state index in [1.165, 1.54) is 0 Å². The summed E-state index contributed by atoms with van der Waals surface area (Å²) in [6.07, 6.45) is 5.46. The Morgan fingerprint density at radius 1 is 1.25 bits per heavy atom. The number of benzene rings is 1. The van der Waals surface area contributed by atoms with Crippen LogP contribution in [0, 0.1) is 17.8 Å². The second-order valence-corrected chi connectivity index (χ2v) is 5.27. The van der Waals surface area contributed by atoms with Gasteiger partial charge < -0.3 is 10.1 Å². The smallest absolute Gasteiger partial charge is 0.310 e. The lowest BCUT2D eigenvalue weighted by molar-refractivity contribution is -0.160. The van der Waals surface area contributed by atoms with Crippen molar-refractivity contribution in [1.82, 2.24) is 0 Å². The van der Waals surface area contributed by atoms with Crippen LogP contribution in [0.15, 0.2) is 42.5 Å². The van der Waals surface area contributed by atoms with Gasteiger partial charge in [0.2, 0.25) is 5.91 Å². The fourth-order valence-electron chi connectivity index (χ4n) is 3.00. The molecule has 0 saturated carbocycles. The number of fused-ring (bicyclic) bond motifs is 1. The number of carbonyl (C=O) groups is 2. The number of esters is 1. The first kappa shape index (κ1) is 12.9. The van der Waals surface area contributed by atoms with Gasteiger partial charge >= 0.3 is 5.97 Å². The first-order valence-corrected chi connectivity index (χ1v) is 6.95. The second kappa shape index (κ2) is 5.49. The number of rotatable bonds is 2. The normalized spacial score (nSPS) is 28.4. The van der Waals surface area contributed by atoms with Crippen LogP contribution in [0.25, 0.3) is 0 Å². The Bertz CT molecular complexity index is 538. The third kappa shape index (κ3) is 2.46. The van der Waals surface area contributed by atoms with Crippen molar-refractivity contribution in [3.8, 4) is 0 Å². The number of amides is 1. The summed E-state index contributed by atoms with van der Waals surface area (Å²) in [6, 6.07) is 9.32. The van der Waals surface area contributed by atoms with Crippen LogP contribution in [0.4, 0.5) is 5.69 Å². The number of cyclic esters (lactones) is 1. The third-order valence-corrected chi connectivity index (χ3v) is 4.01. The topological polar surface area (TPSA) is 55.4 Å². The molecule has 104 valence electrons. The molecule has 3 atom stereocenters. The molecule has 20 heavy (non-hydrogen) atoms. The van der Waals surface area contributed by atoms with Crippen molar-refractivity contribution in [2.24, 2.45) is 17.8 Å². The highest BCUT2D eigenvalue weighted by Crippen LogP contribution is 2.36. The van der Waals surface area contributed by atoms with Crippen LogP contribution < -0.4 is 5.32 Å². The Balaban J connectivity index is 1.77. The number of anilines is 1. The van der Waals surface area contributed by atoms with Gasteiger partial charge in [-0.25, -0.2) is 0 Å². The summed E-state index contributed by atoms with van der Waals surface area (Å²) in [7, 11) is 0. The zero-order valence-electron chi connectivity index (χ0n) is 11.1. The van der Waals surface area contributed by atoms with E-state index in [0.29, 0.717) is 13.0 Å². The van der Waals surface area contributed by atoms with E-state index in [-0.39, 0.29) is 29.6 Å². The maximum Gasteiger partial charge on any atom is 0.310 e. The van der Waals surface area contributed by atoms with Crippen molar-refractivity contribution < 1.29 is 14.3 Å². The highest BCUT2D eigenvalue weighted by molar-refractivity contribution is 5.95. The molecule has 0 bridgehead atoms. The molecule has 0 radical (unpaired) electrons. The zero-order valence-corrected chi connectivity index (χ0v) is 11.1. The van der Waals surface area contributed by atoms with Gasteiger partial charge in [0.1, 0.15) is 0 Å². The third-order valence-electron chi connectivity index (χ3n) is 4.01. The minimum absolute atomic E-state index is 0.102. The van der Waals surface area contributed by atoms with Crippen molar-refractivity contribution in [1.29, 1.82) is 0 Å². The largest absolute Gasteiger partial charge is 0.465 e. The van der Waals surface area contributed by atoms with Gasteiger partial charge in [-0.05, 0) is 30.9 Å². The SMILES string of the molecule is O=C(Nc1ccccc1)C1CC=C[C@@H]2CCOC(=O)[C@H]12. The van der Waals surface area contributed by atoms with E-state index in [0.717, 1.165) is 12.1 Å². The lowest BCUT2D eigenvalue weighted by Crippen LogP contribution is -2.43. The molecular formula is C16H17NO3. The van der Waals surface area contributed by atoms with Crippen LogP contribution in [0.2, 0.25) is 0 Å². The van der Waals surface area contributed by atoms with E-state index in [1.807, 2.05) is 36.4 Å². The molecule has 0 aromatic heterocycles. The van der Waals surface area contributed by atoms with Gasteiger partial charge in [-0.3, -0.25) is 9.59 Å². The Kier molecular flexibility index (Phi) is 3.54. The minimum Gasteiger partial charge on any atom is -0.465 e. The molecule has 4 nitrogen and oxygen atoms in total. The lowest BCUT2D eigenvalue weighted by atomic mass is 9.73. The van der Waals surface area contributed by atoms with Crippen LogP contribution in [-0.4, -0.2) is 18.5 Å². The monoisotopic (exact) mass is 271 g/mol. The van der Waals surface area contributed by atoms with Gasteiger partial charge in [0.25, 0.3) is 0 Å². The molecule has 1 heterocycles. The van der Waals surface area contributed by atoms with Crippen molar-refractivity contribution in [2.45, 2.75) is 12.8 Å². The standard InChI is InChI=1S/C16H17NO3/c18-15(17-12-6-2-1-3-7-12)13-8-4-5-11-9-10-20-16(19)14(11)13/h1-7,11,13-14H,8-10H2,(H,17,18)/t11-,13?,14+/m1/s1. The molecule has 1 unspecified atom stereocenters. The molecule has 1 aliphatic carbocycles. The summed E-state index contributed by atoms with van der Waals surface area (Å²) in [6.45, 7) is 0.456. The van der Waals surface area contributed by atoms with E-state index in [2.05, 4.69) is 11.4 Å². The van der Waals surface area contributed by atoms with Crippen LogP contribution >= 0.6 is 0 Å². The van der Waals surface area contributed by atoms with Crippen molar-refractivity contribution in [2.75, 3.05) is 11.9 Å². The molecule has 0 spiro atoms. The zero-order chi connectivity index (χ0) is 13.9. The first-order chi connectivity index (χ1) is 9.75. The van der Waals surface area contributed by atoms with Crippen molar-refractivity contribution >= 4 is 17.6 Å². The fraction of sp³-hybridized carbons (Fsp3) is 0.375. The summed E-state index contributed by atoms with van der Waals surface area (Å²) in [5.74, 6) is -0.875. The predicted molar refractivity (Wildman–Crippen MR) is 74.9 cm³/mol. The van der Waals surface area contributed by atoms with Crippen LogP contribution in [0.5, 0.6) is 0 Å². The number of ether oxygens (including phenoxy) is 1. The van der Waals surface area contributed by atoms with Crippen molar-refractivity contribution in [3.63, 3.8) is 0 Å². The number of hydrogen-bond donors (Lipinski definition) is 1. The lowest BCUT2D eigenvalue weighted by Gasteiger charge is -2.35. The van der Waals surface area contributed by atoms with E-state index in [9.17, 15) is 9.59 Å². The summed E-state index contributed by atoms with van der Waals surface area (Å²) in [4.78, 5) is 24.4. The van der Waals surface area contributed by atoms with Crippen molar-refractivity contribution in [3.05, 3.63) is 42.5 Å². The van der Waals surface area contributed by atoms with Crippen LogP contribution in [-0.2, 0) is 14.3 Å². The second-order valence-electron chi connectivity index (χ2n) is 5.27. The van der Waals surface area contributed by atoms with Gasteiger partial charge in [0, 0.05) is 5.69 Å². The highest BCUT2D eigenvalue weighted by atomic mass is 16.5. The summed E-state index contributed by atoms with van der Waals surface area (Å²) in [5.41, 5.74) is 0.757. The minimum atomic E-state index is -0.336. The number of carbonyl (C=O) groups excluding carboxylic acids is 2. The predicted octanol–water partition coefficient (Wildman–Crippen LogP) is 2.38. The number of hydrogen-bond acceptors (Lipinski definition) is 3. The Morgan fingerprint density at radius 3 is 2.85 bits per heavy atom. The number of allylic oxidation sites excluding steroid dienone is 2. The maximum absolute atomic E-state index is 12.4. The average molecular weight is 271 g/mol. The molecule has 2 aliphatic rings. The van der Waals surface area contributed by atoms with Gasteiger partial charge in [-0.1, -0.05) is 30.4 Å². The van der Waals surface area contributed by atoms with Gasteiger partial charge in [-0.2, -0.15) is 0 Å². The quantitative estimate of drug-likeness (QED) is 0.663. The van der Waals surface area contributed by atoms with E-state index in [4.69, 9.17) is 4.74 Å². The summed E-state index contributed by atoms with van der Waals surface area (Å²) in [5, 5.41) is 2.88. The molecular weight excluding hydrogens is 254 g/mol. The number of para-hydroxylation sites is 1. The molecule has 4 heteroatoms. The molecule has 1 N–H and O–H groups in total. The molecule has 1 amide bonds. The molecule has 1 aromatic carbocycles. The van der Waals surface area contributed by atoms with Gasteiger partial charge in [0.15, 0.2) is 0 Å². The fourth-order valence-corrected chi connectivity index (χ4v) is 3.00. The Hall–Kier alpha value is -2.10. The van der Waals surface area contributed by atoms with E-state index in [1.54, 1.807) is 0 Å². The molecule has 1 saturated heterocycles. The van der Waals surface area contributed by atoms with Crippen LogP contribution in [0.3, 0.4) is 0 Å². The number of nitrogens with one attached hydrogen (secondary N) is 1. The average Bonchev–Trinajstić information content (AvgIpc) is 2.48. The Morgan fingerprint density at radius 2 is 2.05 bits per heavy atom. The molecule has 3 rings (SSSR count). The van der Waals surface area contributed by atoms with E-state index >= 15 is 0 Å². The maximum atomic E-state index is 12.4. The van der Waals surface area contributed by atoms with Gasteiger partial charge in [0.05, 0.1) is 18.4 Å².